The third-order valence-electron chi connectivity index (χ3n) is 4.39. The van der Waals surface area contributed by atoms with Gasteiger partial charge >= 0.3 is 6.09 Å². The van der Waals surface area contributed by atoms with Crippen molar-refractivity contribution >= 4 is 22.8 Å². The first-order valence-electron chi connectivity index (χ1n) is 8.77. The summed E-state index contributed by atoms with van der Waals surface area (Å²) < 4.78 is 25.2. The number of nitrogens with zero attached hydrogens (tertiary/aromatic N) is 2. The van der Waals surface area contributed by atoms with Crippen LogP contribution in [0, 0.1) is 11.7 Å². The molecule has 142 valence electrons. The van der Waals surface area contributed by atoms with E-state index in [1.165, 1.54) is 6.07 Å². The molecule has 1 amide bonds. The van der Waals surface area contributed by atoms with Crippen LogP contribution >= 0.6 is 0 Å². The Morgan fingerprint density at radius 2 is 2.08 bits per heavy atom. The van der Waals surface area contributed by atoms with Gasteiger partial charge in [0.15, 0.2) is 17.4 Å². The number of nitrogens with one attached hydrogen (secondary N) is 1. The Balaban J connectivity index is 1.52. The summed E-state index contributed by atoms with van der Waals surface area (Å²) in [6.07, 6.45) is 1.30. The second-order valence-electron chi connectivity index (χ2n) is 7.66. The summed E-state index contributed by atoms with van der Waals surface area (Å²) in [5, 5.41) is 7.15. The zero-order valence-corrected chi connectivity index (χ0v) is 15.3. The van der Waals surface area contributed by atoms with Crippen LogP contribution < -0.4 is 10.5 Å². The number of piperidine rings is 1. The van der Waals surface area contributed by atoms with E-state index < -0.39 is 11.4 Å². The lowest BCUT2D eigenvalue weighted by Crippen LogP contribution is -2.42. The van der Waals surface area contributed by atoms with Gasteiger partial charge in [-0.15, -0.1) is 0 Å². The van der Waals surface area contributed by atoms with Gasteiger partial charge in [-0.25, -0.2) is 9.18 Å². The normalized spacial score (nSPS) is 16.1. The average Bonchev–Trinajstić information content (AvgIpc) is 2.92. The van der Waals surface area contributed by atoms with Crippen LogP contribution in [0.2, 0.25) is 0 Å². The van der Waals surface area contributed by atoms with Gasteiger partial charge in [-0.05, 0) is 45.6 Å². The van der Waals surface area contributed by atoms with Gasteiger partial charge in [-0.3, -0.25) is 5.10 Å². The van der Waals surface area contributed by atoms with E-state index in [2.05, 4.69) is 10.2 Å². The number of ether oxygens (including phenoxy) is 2. The lowest BCUT2D eigenvalue weighted by molar-refractivity contribution is 0.0164. The minimum atomic E-state index is -0.497. The molecule has 1 saturated heterocycles. The predicted octanol–water partition coefficient (Wildman–Crippen LogP) is 3.31. The number of aromatic nitrogens is 2. The fourth-order valence-corrected chi connectivity index (χ4v) is 2.97. The molecule has 2 aromatic rings. The van der Waals surface area contributed by atoms with Crippen molar-refractivity contribution in [3.05, 3.63) is 17.9 Å². The largest absolute Gasteiger partial charge is 0.490 e. The van der Waals surface area contributed by atoms with Crippen LogP contribution in [0.15, 0.2) is 12.1 Å². The van der Waals surface area contributed by atoms with Gasteiger partial charge in [-0.1, -0.05) is 0 Å². The van der Waals surface area contributed by atoms with E-state index in [0.29, 0.717) is 30.6 Å². The molecule has 3 rings (SSSR count). The van der Waals surface area contributed by atoms with Gasteiger partial charge in [0, 0.05) is 24.5 Å². The number of nitrogens with two attached hydrogens (primary N) is 1. The highest BCUT2D eigenvalue weighted by Gasteiger charge is 2.27. The van der Waals surface area contributed by atoms with Crippen molar-refractivity contribution in [2.24, 2.45) is 5.92 Å². The van der Waals surface area contributed by atoms with Gasteiger partial charge in [0.1, 0.15) is 5.60 Å². The molecule has 0 saturated carbocycles. The summed E-state index contributed by atoms with van der Waals surface area (Å²) >= 11 is 0. The zero-order chi connectivity index (χ0) is 18.9. The average molecular weight is 364 g/mol. The number of rotatable bonds is 3. The highest BCUT2D eigenvalue weighted by atomic mass is 19.1. The molecule has 2 heterocycles. The maximum atomic E-state index is 14.2. The molecule has 3 N–H and O–H groups in total. The first-order valence-corrected chi connectivity index (χ1v) is 8.77. The number of likely N-dealkylation sites (tertiary alicyclic amines) is 1. The summed E-state index contributed by atoms with van der Waals surface area (Å²) in [6.45, 7) is 7.18. The van der Waals surface area contributed by atoms with Crippen molar-refractivity contribution in [2.75, 3.05) is 25.4 Å². The second kappa shape index (κ2) is 7.01. The first-order chi connectivity index (χ1) is 12.2. The van der Waals surface area contributed by atoms with E-state index in [1.807, 2.05) is 20.8 Å². The molecule has 0 unspecified atom stereocenters. The molecule has 7 nitrogen and oxygen atoms in total. The number of halogens is 1. The summed E-state index contributed by atoms with van der Waals surface area (Å²) in [4.78, 5) is 13.8. The first kappa shape index (κ1) is 18.3. The van der Waals surface area contributed by atoms with Crippen LogP contribution in [0.25, 0.3) is 10.9 Å². The summed E-state index contributed by atoms with van der Waals surface area (Å²) in [6, 6.07) is 2.90. The highest BCUT2D eigenvalue weighted by molar-refractivity contribution is 5.89. The summed E-state index contributed by atoms with van der Waals surface area (Å²) in [5.74, 6) is 0.239. The van der Waals surface area contributed by atoms with Crippen molar-refractivity contribution in [2.45, 2.75) is 39.2 Å². The number of H-pyrrole nitrogens is 1. The number of fused-ring (bicyclic) bond motifs is 1. The van der Waals surface area contributed by atoms with Crippen LogP contribution in [0.3, 0.4) is 0 Å². The van der Waals surface area contributed by atoms with Crippen LogP contribution in [0.4, 0.5) is 15.0 Å². The third-order valence-corrected chi connectivity index (χ3v) is 4.39. The fraction of sp³-hybridized carbons (Fsp3) is 0.556. The standard InChI is InChI=1S/C18H25FN4O3/c1-18(2,3)26-17(24)23-6-4-11(5-7-23)10-25-15-9-14-12(8-13(15)19)16(20)22-21-14/h8-9,11H,4-7,10H2,1-3H3,(H3,20,21,22). The highest BCUT2D eigenvalue weighted by Crippen LogP contribution is 2.28. The molecule has 0 aliphatic carbocycles. The van der Waals surface area contributed by atoms with E-state index in [0.717, 1.165) is 12.8 Å². The van der Waals surface area contributed by atoms with Crippen LogP contribution in [0.1, 0.15) is 33.6 Å². The number of carbonyl (C=O) groups excluding carboxylic acids is 1. The number of hydrogen-bond acceptors (Lipinski definition) is 5. The fourth-order valence-electron chi connectivity index (χ4n) is 2.97. The Bertz CT molecular complexity index is 792. The molecular formula is C18H25FN4O3. The number of amides is 1. The number of nitrogen functional groups attached to an aromatic ring is 1. The Morgan fingerprint density at radius 3 is 2.73 bits per heavy atom. The predicted molar refractivity (Wildman–Crippen MR) is 96.5 cm³/mol. The molecule has 26 heavy (non-hydrogen) atoms. The van der Waals surface area contributed by atoms with E-state index in [9.17, 15) is 9.18 Å². The molecule has 1 aliphatic heterocycles. The SMILES string of the molecule is CC(C)(C)OC(=O)N1CCC(COc2cc3[nH]nc(N)c3cc2F)CC1. The van der Waals surface area contributed by atoms with Crippen LogP contribution in [-0.2, 0) is 4.74 Å². The van der Waals surface area contributed by atoms with Crippen LogP contribution in [-0.4, -0.2) is 46.5 Å². The van der Waals surface area contributed by atoms with E-state index in [-0.39, 0.29) is 23.6 Å². The molecule has 1 aromatic carbocycles. The Labute approximate surface area is 151 Å². The Morgan fingerprint density at radius 1 is 1.38 bits per heavy atom. The van der Waals surface area contributed by atoms with Crippen molar-refractivity contribution in [3.8, 4) is 5.75 Å². The number of hydrogen-bond donors (Lipinski definition) is 2. The molecule has 0 radical (unpaired) electrons. The van der Waals surface area contributed by atoms with Gasteiger partial charge in [0.25, 0.3) is 0 Å². The third kappa shape index (κ3) is 4.17. The molecule has 0 atom stereocenters. The molecule has 1 fully saturated rings. The number of carbonyl (C=O) groups is 1. The lowest BCUT2D eigenvalue weighted by Gasteiger charge is -2.33. The van der Waals surface area contributed by atoms with Crippen molar-refractivity contribution in [3.63, 3.8) is 0 Å². The van der Waals surface area contributed by atoms with Gasteiger partial charge < -0.3 is 20.1 Å². The molecule has 8 heteroatoms. The van der Waals surface area contributed by atoms with E-state index >= 15 is 0 Å². The Kier molecular flexibility index (Phi) is 4.93. The van der Waals surface area contributed by atoms with E-state index in [1.54, 1.807) is 11.0 Å². The molecule has 0 spiro atoms. The topological polar surface area (TPSA) is 93.5 Å². The minimum Gasteiger partial charge on any atom is -0.490 e. The van der Waals surface area contributed by atoms with Crippen LogP contribution in [0.5, 0.6) is 5.75 Å². The summed E-state index contributed by atoms with van der Waals surface area (Å²) in [7, 11) is 0. The Hall–Kier alpha value is -2.51. The lowest BCUT2D eigenvalue weighted by atomic mass is 9.98. The number of aromatic amines is 1. The molecule has 1 aromatic heterocycles. The van der Waals surface area contributed by atoms with E-state index in [4.69, 9.17) is 15.2 Å². The van der Waals surface area contributed by atoms with Crippen molar-refractivity contribution in [1.82, 2.24) is 15.1 Å². The van der Waals surface area contributed by atoms with Gasteiger partial charge in [-0.2, -0.15) is 5.10 Å². The molecule has 0 bridgehead atoms. The number of benzene rings is 1. The quantitative estimate of drug-likeness (QED) is 0.871. The number of anilines is 1. The van der Waals surface area contributed by atoms with Crippen molar-refractivity contribution in [1.29, 1.82) is 0 Å². The molecule has 1 aliphatic rings. The maximum Gasteiger partial charge on any atom is 0.410 e. The van der Waals surface area contributed by atoms with Gasteiger partial charge in [0.05, 0.1) is 12.1 Å². The zero-order valence-electron chi connectivity index (χ0n) is 15.3. The smallest absolute Gasteiger partial charge is 0.410 e. The van der Waals surface area contributed by atoms with Gasteiger partial charge in [0.2, 0.25) is 0 Å². The second-order valence-corrected chi connectivity index (χ2v) is 7.66. The minimum absolute atomic E-state index is 0.177. The monoisotopic (exact) mass is 364 g/mol. The van der Waals surface area contributed by atoms with Crippen molar-refractivity contribution < 1.29 is 18.7 Å². The summed E-state index contributed by atoms with van der Waals surface area (Å²) in [5.41, 5.74) is 5.81. The maximum absolute atomic E-state index is 14.2. The molecular weight excluding hydrogens is 339 g/mol.